The smallest absolute Gasteiger partial charge is 0.314 e. The van der Waals surface area contributed by atoms with Crippen LogP contribution in [0.3, 0.4) is 0 Å². The van der Waals surface area contributed by atoms with Crippen molar-refractivity contribution in [3.05, 3.63) is 84.1 Å². The highest BCUT2D eigenvalue weighted by Gasteiger charge is 2.41. The molecular formula is C28H30FN7O5. The lowest BCUT2D eigenvalue weighted by Gasteiger charge is -2.33. The van der Waals surface area contributed by atoms with Gasteiger partial charge in [-0.1, -0.05) is 18.2 Å². The van der Waals surface area contributed by atoms with Crippen LogP contribution in [-0.2, 0) is 14.3 Å². The minimum atomic E-state index is -1.14. The number of imidazole rings is 1. The van der Waals surface area contributed by atoms with E-state index < -0.39 is 17.7 Å². The molecule has 214 valence electrons. The second-order valence-electron chi connectivity index (χ2n) is 9.38. The molecule has 1 fully saturated rings. The molecule has 4 aromatic rings. The molecule has 12 nitrogen and oxygen atoms in total. The number of amides is 1. The molecule has 0 radical (unpaired) electrons. The van der Waals surface area contributed by atoms with Crippen molar-refractivity contribution in [1.29, 1.82) is 0 Å². The van der Waals surface area contributed by atoms with E-state index in [1.54, 1.807) is 55.6 Å². The average molecular weight is 564 g/mol. The van der Waals surface area contributed by atoms with Crippen molar-refractivity contribution in [2.75, 3.05) is 31.6 Å². The number of carbonyl (C=O) groups is 2. The maximum absolute atomic E-state index is 13.5. The van der Waals surface area contributed by atoms with Gasteiger partial charge in [-0.15, -0.1) is 0 Å². The number of H-pyrrole nitrogens is 1. The molecule has 7 N–H and O–H groups in total. The van der Waals surface area contributed by atoms with Crippen LogP contribution >= 0.6 is 0 Å². The highest BCUT2D eigenvalue weighted by atomic mass is 19.1. The minimum Gasteiger partial charge on any atom is -0.481 e. The number of anilines is 1. The van der Waals surface area contributed by atoms with E-state index >= 15 is 0 Å². The van der Waals surface area contributed by atoms with E-state index in [-0.39, 0.29) is 24.9 Å². The summed E-state index contributed by atoms with van der Waals surface area (Å²) in [5.74, 6) is -0.996. The van der Waals surface area contributed by atoms with E-state index in [2.05, 4.69) is 25.3 Å². The summed E-state index contributed by atoms with van der Waals surface area (Å²) in [6.07, 6.45) is 0.717. The van der Waals surface area contributed by atoms with Crippen molar-refractivity contribution in [3.63, 3.8) is 0 Å². The first-order chi connectivity index (χ1) is 19.7. The molecule has 5 rings (SSSR count). The van der Waals surface area contributed by atoms with Gasteiger partial charge in [0.05, 0.1) is 30.3 Å². The quantitative estimate of drug-likeness (QED) is 0.213. The van der Waals surface area contributed by atoms with Crippen molar-refractivity contribution >= 4 is 17.8 Å². The van der Waals surface area contributed by atoms with E-state index in [1.165, 1.54) is 12.1 Å². The summed E-state index contributed by atoms with van der Waals surface area (Å²) in [6, 6.07) is 16.4. The van der Waals surface area contributed by atoms with Gasteiger partial charge < -0.3 is 36.3 Å². The van der Waals surface area contributed by atoms with Crippen LogP contribution in [0.2, 0.25) is 0 Å². The lowest BCUT2D eigenvalue weighted by Crippen LogP contribution is -2.42. The number of nitrogens with two attached hydrogens (primary N) is 2. The molecule has 0 saturated carbocycles. The Hall–Kier alpha value is -4.72. The first kappa shape index (κ1) is 29.3. The Morgan fingerprint density at radius 2 is 1.78 bits per heavy atom. The zero-order chi connectivity index (χ0) is 29.4. The normalized spacial score (nSPS) is 18.2. The molecular weight excluding hydrogens is 533 g/mol. The van der Waals surface area contributed by atoms with E-state index in [0.29, 0.717) is 53.1 Å². The van der Waals surface area contributed by atoms with Gasteiger partial charge in [-0.05, 0) is 49.4 Å². The molecule has 0 atom stereocenters. The van der Waals surface area contributed by atoms with Crippen LogP contribution in [0.15, 0.2) is 66.9 Å². The second-order valence-corrected chi connectivity index (χ2v) is 9.38. The number of carboxylic acids is 1. The number of benzene rings is 2. The summed E-state index contributed by atoms with van der Waals surface area (Å²) >= 11 is 0. The fourth-order valence-corrected chi connectivity index (χ4v) is 3.77. The molecule has 1 amide bonds. The number of aromatic amines is 1. The standard InChI is InChI=1S/C21H23FN6O4.C7H7NO/c1-21(19(29)30)10-31-18(32-11-21)17-27-15(12-2-4-13(22)5-3-12)16(28-17)14-6-8-24-20(26-14)25-9-7-23;8-7(9)6-4-2-1-3-5-6/h2-6,8,18H,7,9-11,23H2,1H3,(H,27,28)(H,29,30)(H,24,25,26);1-5H,(H2,8,9). The Balaban J connectivity index is 0.000000367. The highest BCUT2D eigenvalue weighted by Crippen LogP contribution is 2.35. The average Bonchev–Trinajstić information content (AvgIpc) is 3.43. The summed E-state index contributed by atoms with van der Waals surface area (Å²) in [4.78, 5) is 38.3. The van der Waals surface area contributed by atoms with E-state index in [4.69, 9.17) is 20.9 Å². The largest absolute Gasteiger partial charge is 0.481 e. The van der Waals surface area contributed by atoms with Gasteiger partial charge in [0, 0.05) is 30.4 Å². The van der Waals surface area contributed by atoms with Gasteiger partial charge in [-0.3, -0.25) is 9.59 Å². The van der Waals surface area contributed by atoms with Gasteiger partial charge in [0.1, 0.15) is 11.2 Å². The number of nitrogens with zero attached hydrogens (tertiary/aromatic N) is 3. The predicted octanol–water partition coefficient (Wildman–Crippen LogP) is 2.97. The molecule has 1 aliphatic rings. The van der Waals surface area contributed by atoms with Crippen LogP contribution in [-0.4, -0.2) is 63.2 Å². The Kier molecular flexibility index (Phi) is 9.34. The fourth-order valence-electron chi connectivity index (χ4n) is 3.77. The van der Waals surface area contributed by atoms with E-state index in [1.807, 2.05) is 6.07 Å². The van der Waals surface area contributed by atoms with Crippen molar-refractivity contribution in [2.24, 2.45) is 16.9 Å². The van der Waals surface area contributed by atoms with Crippen LogP contribution in [0.5, 0.6) is 0 Å². The van der Waals surface area contributed by atoms with Crippen LogP contribution in [0.1, 0.15) is 29.4 Å². The predicted molar refractivity (Wildman–Crippen MR) is 148 cm³/mol. The number of nitrogens with one attached hydrogen (secondary N) is 2. The molecule has 41 heavy (non-hydrogen) atoms. The number of carboxylic acid groups (broad SMARTS) is 1. The number of aromatic nitrogens is 4. The van der Waals surface area contributed by atoms with Gasteiger partial charge >= 0.3 is 5.97 Å². The minimum absolute atomic E-state index is 0.0322. The van der Waals surface area contributed by atoms with Crippen LogP contribution in [0.4, 0.5) is 10.3 Å². The zero-order valence-electron chi connectivity index (χ0n) is 22.2. The first-order valence-corrected chi connectivity index (χ1v) is 12.6. The van der Waals surface area contributed by atoms with Crippen molar-refractivity contribution in [1.82, 2.24) is 19.9 Å². The fraction of sp³-hybridized carbons (Fsp3) is 0.250. The van der Waals surface area contributed by atoms with Crippen LogP contribution in [0, 0.1) is 11.2 Å². The third kappa shape index (κ3) is 7.28. The number of aliphatic carboxylic acids is 1. The SMILES string of the molecule is CC1(C(=O)O)COC(c2nc(-c3ccc(F)cc3)c(-c3ccnc(NCCN)n3)[nH]2)OC1.NC(=O)c1ccccc1. The van der Waals surface area contributed by atoms with Crippen molar-refractivity contribution < 1.29 is 28.6 Å². The van der Waals surface area contributed by atoms with Crippen molar-refractivity contribution in [3.8, 4) is 22.6 Å². The third-order valence-electron chi connectivity index (χ3n) is 6.08. The van der Waals surface area contributed by atoms with Gasteiger partial charge in [0.2, 0.25) is 18.1 Å². The van der Waals surface area contributed by atoms with Crippen LogP contribution in [0.25, 0.3) is 22.6 Å². The van der Waals surface area contributed by atoms with Crippen molar-refractivity contribution in [2.45, 2.75) is 13.2 Å². The monoisotopic (exact) mass is 563 g/mol. The van der Waals surface area contributed by atoms with Gasteiger partial charge in [-0.2, -0.15) is 0 Å². The second kappa shape index (κ2) is 13.1. The van der Waals surface area contributed by atoms with Crippen LogP contribution < -0.4 is 16.8 Å². The van der Waals surface area contributed by atoms with E-state index in [0.717, 1.165) is 0 Å². The number of halogens is 1. The zero-order valence-corrected chi connectivity index (χ0v) is 22.2. The Bertz CT molecular complexity index is 1470. The number of primary amides is 1. The summed E-state index contributed by atoms with van der Waals surface area (Å²) in [5, 5.41) is 12.4. The Labute approximate surface area is 234 Å². The lowest BCUT2D eigenvalue weighted by atomic mass is 9.92. The van der Waals surface area contributed by atoms with Gasteiger partial charge in [-0.25, -0.2) is 19.3 Å². The summed E-state index contributed by atoms with van der Waals surface area (Å²) in [6.45, 7) is 2.42. The summed E-state index contributed by atoms with van der Waals surface area (Å²) in [7, 11) is 0. The number of ether oxygens (including phenoxy) is 2. The maximum Gasteiger partial charge on any atom is 0.314 e. The highest BCUT2D eigenvalue weighted by molar-refractivity contribution is 5.92. The maximum atomic E-state index is 13.5. The molecule has 1 saturated heterocycles. The first-order valence-electron chi connectivity index (χ1n) is 12.6. The molecule has 13 heteroatoms. The topological polar surface area (TPSA) is 191 Å². The summed E-state index contributed by atoms with van der Waals surface area (Å²) < 4.78 is 24.8. The molecule has 1 aliphatic heterocycles. The number of hydrogen-bond acceptors (Lipinski definition) is 9. The molecule has 0 spiro atoms. The molecule has 2 aromatic carbocycles. The number of rotatable bonds is 8. The van der Waals surface area contributed by atoms with E-state index in [9.17, 15) is 19.1 Å². The lowest BCUT2D eigenvalue weighted by molar-refractivity contribution is -0.236. The number of hydrogen-bond donors (Lipinski definition) is 5. The molecule has 0 aliphatic carbocycles. The molecule has 0 unspecified atom stereocenters. The molecule has 0 bridgehead atoms. The Morgan fingerprint density at radius 1 is 1.10 bits per heavy atom. The number of carbonyl (C=O) groups excluding carboxylic acids is 1. The summed E-state index contributed by atoms with van der Waals surface area (Å²) in [5.41, 5.74) is 12.2. The van der Waals surface area contributed by atoms with Gasteiger partial charge in [0.15, 0.2) is 5.82 Å². The third-order valence-corrected chi connectivity index (χ3v) is 6.08. The Morgan fingerprint density at radius 3 is 2.37 bits per heavy atom. The van der Waals surface area contributed by atoms with Gasteiger partial charge in [0.25, 0.3) is 0 Å². The molecule has 3 heterocycles. The molecule has 2 aromatic heterocycles.